The maximum Gasteiger partial charge on any atom is 0.272 e. The number of hydrogen-bond donors (Lipinski definition) is 4. The molecule has 1 aliphatic carbocycles. The molecule has 3 aliphatic rings. The summed E-state index contributed by atoms with van der Waals surface area (Å²) in [6.07, 6.45) is 10.5. The molecule has 0 radical (unpaired) electrons. The van der Waals surface area contributed by atoms with Crippen LogP contribution in [0.3, 0.4) is 0 Å². The van der Waals surface area contributed by atoms with Gasteiger partial charge in [0.2, 0.25) is 17.7 Å². The van der Waals surface area contributed by atoms with Crippen molar-refractivity contribution >= 4 is 63.1 Å². The molecule has 300 valence electrons. The molecule has 2 aliphatic heterocycles. The molecule has 1 aromatic heterocycles. The molecule has 17 heteroatoms. The van der Waals surface area contributed by atoms with Gasteiger partial charge in [0.1, 0.15) is 29.9 Å². The zero-order valence-electron chi connectivity index (χ0n) is 31.9. The minimum atomic E-state index is -4.20. The third kappa shape index (κ3) is 10.8. The highest BCUT2D eigenvalue weighted by Crippen LogP contribution is 2.50. The van der Waals surface area contributed by atoms with Crippen molar-refractivity contribution in [1.82, 2.24) is 35.5 Å². The first-order valence-electron chi connectivity index (χ1n) is 19.0. The van der Waals surface area contributed by atoms with Crippen LogP contribution in [-0.2, 0) is 29.2 Å². The normalized spacial score (nSPS) is 20.5. The minimum Gasteiger partial charge on any atom is -0.342 e. The molecular weight excluding hydrogens is 763 g/mol. The van der Waals surface area contributed by atoms with Crippen molar-refractivity contribution in [2.45, 2.75) is 119 Å². The first-order chi connectivity index (χ1) is 26.1. The second-order valence-electron chi connectivity index (χ2n) is 15.5. The fraction of sp³-hybridized carbons (Fsp3) is 0.605. The summed E-state index contributed by atoms with van der Waals surface area (Å²) >= 11 is 3.41. The molecule has 1 spiro atoms. The second-order valence-corrected chi connectivity index (χ2v) is 20.4. The van der Waals surface area contributed by atoms with Crippen molar-refractivity contribution in [1.29, 1.82) is 0 Å². The largest absolute Gasteiger partial charge is 0.342 e. The summed E-state index contributed by atoms with van der Waals surface area (Å²) < 4.78 is 27.7. The Morgan fingerprint density at radius 3 is 2.24 bits per heavy atom. The quantitative estimate of drug-likeness (QED) is 0.231. The van der Waals surface area contributed by atoms with E-state index >= 15 is 0 Å². The third-order valence-corrected chi connectivity index (χ3v) is 15.0. The number of carbonyl (C=O) groups is 5. The van der Waals surface area contributed by atoms with E-state index in [-0.39, 0.29) is 29.5 Å². The standard InChI is InChI=1S/C38H53N7O7S3/c1-5-13-27(33(47)44-55(51,52)26-16-10-7-11-17-26)41-34(48)29-22-38(53-20-12-21-54-38)24-45(29)36(50)31(37(2,3)4)43-35(49)30(25-14-8-6-9-15-25)42-32(46)28-23-39-18-19-40-28/h7,10-11,16-19,23,25,27,29-31H,5-6,8-9,12-15,20-22,24H2,1-4H3,(H,41,48)(H,42,46)(H,43,49)(H,44,47)/t27-,29-,30+,31+/m0/s1. The predicted molar refractivity (Wildman–Crippen MR) is 212 cm³/mol. The average molecular weight is 816 g/mol. The van der Waals surface area contributed by atoms with E-state index in [0.717, 1.165) is 50.0 Å². The van der Waals surface area contributed by atoms with Crippen LogP contribution in [0.2, 0.25) is 0 Å². The highest BCUT2D eigenvalue weighted by atomic mass is 32.2. The van der Waals surface area contributed by atoms with Crippen molar-refractivity contribution in [3.8, 4) is 0 Å². The number of sulfonamides is 1. The van der Waals surface area contributed by atoms with Gasteiger partial charge in [0.25, 0.3) is 21.8 Å². The van der Waals surface area contributed by atoms with Crippen LogP contribution in [0.15, 0.2) is 53.8 Å². The highest BCUT2D eigenvalue weighted by molar-refractivity contribution is 8.18. The van der Waals surface area contributed by atoms with E-state index in [9.17, 15) is 32.4 Å². The Balaban J connectivity index is 1.39. The van der Waals surface area contributed by atoms with Crippen LogP contribution in [0, 0.1) is 11.3 Å². The summed E-state index contributed by atoms with van der Waals surface area (Å²) in [7, 11) is -4.20. The number of carbonyl (C=O) groups excluding carboxylic acids is 5. The first kappa shape index (κ1) is 42.4. The summed E-state index contributed by atoms with van der Waals surface area (Å²) in [6, 6.07) is 3.33. The zero-order chi connectivity index (χ0) is 39.8. The number of benzene rings is 1. The molecule has 1 aromatic carbocycles. The van der Waals surface area contributed by atoms with E-state index in [1.807, 2.05) is 27.7 Å². The molecule has 0 bridgehead atoms. The SMILES string of the molecule is CCC[C@H](NC(=O)[C@@H]1CC2(CN1C(=O)[C@@H](NC(=O)[C@H](NC(=O)c1cnccn1)C1CCCCC1)C(C)(C)C)SCCCS2)C(=O)NS(=O)(=O)c1ccccc1. The Bertz CT molecular complexity index is 1780. The van der Waals surface area contributed by atoms with E-state index in [2.05, 4.69) is 30.6 Å². The number of thioether (sulfide) groups is 2. The maximum absolute atomic E-state index is 14.8. The Morgan fingerprint density at radius 2 is 1.62 bits per heavy atom. The molecule has 0 unspecified atom stereocenters. The van der Waals surface area contributed by atoms with Crippen LogP contribution in [0.4, 0.5) is 0 Å². The number of nitrogens with one attached hydrogen (secondary N) is 4. The van der Waals surface area contributed by atoms with Crippen LogP contribution < -0.4 is 20.7 Å². The lowest BCUT2D eigenvalue weighted by Crippen LogP contribution is -2.62. The van der Waals surface area contributed by atoms with Gasteiger partial charge in [0, 0.05) is 25.4 Å². The Morgan fingerprint density at radius 1 is 0.927 bits per heavy atom. The summed E-state index contributed by atoms with van der Waals surface area (Å²) in [5, 5.41) is 8.67. The van der Waals surface area contributed by atoms with Gasteiger partial charge in [0.05, 0.1) is 15.2 Å². The van der Waals surface area contributed by atoms with Crippen LogP contribution in [0.1, 0.15) is 96.0 Å². The van der Waals surface area contributed by atoms with Crippen LogP contribution in [-0.4, -0.2) is 99.1 Å². The summed E-state index contributed by atoms with van der Waals surface area (Å²) in [4.78, 5) is 79.6. The number of likely N-dealkylation sites (tertiary alicyclic amines) is 1. The van der Waals surface area contributed by atoms with E-state index in [0.29, 0.717) is 12.8 Å². The number of nitrogens with zero attached hydrogens (tertiary/aromatic N) is 3. The van der Waals surface area contributed by atoms with Crippen LogP contribution in [0.5, 0.6) is 0 Å². The topological polar surface area (TPSA) is 197 Å². The van der Waals surface area contributed by atoms with Gasteiger partial charge in [0.15, 0.2) is 0 Å². The second kappa shape index (κ2) is 18.5. The van der Waals surface area contributed by atoms with Crippen molar-refractivity contribution in [2.24, 2.45) is 11.3 Å². The summed E-state index contributed by atoms with van der Waals surface area (Å²) in [5.41, 5.74) is -0.732. The summed E-state index contributed by atoms with van der Waals surface area (Å²) in [5.74, 6) is -1.36. The molecule has 5 rings (SSSR count). The van der Waals surface area contributed by atoms with Gasteiger partial charge in [-0.1, -0.05) is 71.6 Å². The van der Waals surface area contributed by atoms with E-state index < -0.39 is 73.2 Å². The molecular formula is C38H53N7O7S3. The number of hydrogen-bond acceptors (Lipinski definition) is 11. The Kier molecular flexibility index (Phi) is 14.3. The van der Waals surface area contributed by atoms with Crippen molar-refractivity contribution < 1.29 is 32.4 Å². The third-order valence-electron chi connectivity index (χ3n) is 10.3. The maximum atomic E-state index is 14.8. The van der Waals surface area contributed by atoms with E-state index in [1.54, 1.807) is 41.7 Å². The Hall–Kier alpha value is -3.70. The Labute approximate surface area is 332 Å². The number of aromatic nitrogens is 2. The molecule has 1 saturated carbocycles. The molecule has 4 atom stereocenters. The molecule has 14 nitrogen and oxygen atoms in total. The van der Waals surface area contributed by atoms with Crippen LogP contribution in [0.25, 0.3) is 0 Å². The zero-order valence-corrected chi connectivity index (χ0v) is 34.4. The fourth-order valence-corrected chi connectivity index (χ4v) is 11.8. The van der Waals surface area contributed by atoms with Crippen molar-refractivity contribution in [3.05, 3.63) is 54.6 Å². The highest BCUT2D eigenvalue weighted by Gasteiger charge is 2.53. The molecule has 5 amide bonds. The lowest BCUT2D eigenvalue weighted by Gasteiger charge is -2.38. The lowest BCUT2D eigenvalue weighted by molar-refractivity contribution is -0.144. The van der Waals surface area contributed by atoms with Gasteiger partial charge in [-0.05, 0) is 60.7 Å². The molecule has 3 heterocycles. The van der Waals surface area contributed by atoms with Gasteiger partial charge >= 0.3 is 0 Å². The van der Waals surface area contributed by atoms with Gasteiger partial charge in [-0.3, -0.25) is 29.0 Å². The molecule has 3 fully saturated rings. The number of rotatable bonds is 13. The van der Waals surface area contributed by atoms with Gasteiger partial charge < -0.3 is 20.9 Å². The number of amides is 5. The lowest BCUT2D eigenvalue weighted by atomic mass is 9.82. The molecule has 2 aromatic rings. The molecule has 55 heavy (non-hydrogen) atoms. The van der Waals surface area contributed by atoms with Crippen LogP contribution >= 0.6 is 23.5 Å². The van der Waals surface area contributed by atoms with Crippen molar-refractivity contribution in [2.75, 3.05) is 18.1 Å². The van der Waals surface area contributed by atoms with Gasteiger partial charge in [-0.15, -0.1) is 23.5 Å². The van der Waals surface area contributed by atoms with Crippen molar-refractivity contribution in [3.63, 3.8) is 0 Å². The monoisotopic (exact) mass is 815 g/mol. The van der Waals surface area contributed by atoms with E-state index in [4.69, 9.17) is 0 Å². The smallest absolute Gasteiger partial charge is 0.272 e. The average Bonchev–Trinajstić information content (AvgIpc) is 3.54. The molecule has 2 saturated heterocycles. The fourth-order valence-electron chi connectivity index (χ4n) is 7.36. The summed E-state index contributed by atoms with van der Waals surface area (Å²) in [6.45, 7) is 7.57. The van der Waals surface area contributed by atoms with Gasteiger partial charge in [-0.25, -0.2) is 18.1 Å². The predicted octanol–water partition coefficient (Wildman–Crippen LogP) is 3.64. The minimum absolute atomic E-state index is 0.0750. The van der Waals surface area contributed by atoms with E-state index in [1.165, 1.54) is 35.6 Å². The first-order valence-corrected chi connectivity index (χ1v) is 22.5. The van der Waals surface area contributed by atoms with Gasteiger partial charge in [-0.2, -0.15) is 0 Å². The molecule has 4 N–H and O–H groups in total.